The van der Waals surface area contributed by atoms with E-state index in [0.29, 0.717) is 12.1 Å². The smallest absolute Gasteiger partial charge is 0.341 e. The summed E-state index contributed by atoms with van der Waals surface area (Å²) in [7, 11) is -8.55. The summed E-state index contributed by atoms with van der Waals surface area (Å²) in [6.07, 6.45) is -1.36. The predicted molar refractivity (Wildman–Crippen MR) is 125 cm³/mol. The second kappa shape index (κ2) is 10.4. The van der Waals surface area contributed by atoms with E-state index < -0.39 is 54.6 Å². The second-order valence-electron chi connectivity index (χ2n) is 7.33. The van der Waals surface area contributed by atoms with Crippen LogP contribution >= 0.6 is 0 Å². The molecule has 0 radical (unpaired) electrons. The number of primary sulfonamides is 1. The lowest BCUT2D eigenvalue weighted by Gasteiger charge is -2.16. The first kappa shape index (κ1) is 26.7. The monoisotopic (exact) mass is 539 g/mol. The van der Waals surface area contributed by atoms with E-state index in [2.05, 4.69) is 5.32 Å². The zero-order valence-corrected chi connectivity index (χ0v) is 20.1. The number of carbonyl (C=O) groups excluding carboxylic acids is 2. The summed E-state index contributed by atoms with van der Waals surface area (Å²) in [4.78, 5) is 24.0. The largest absolute Gasteiger partial charge is 0.449 e. The van der Waals surface area contributed by atoms with Crippen LogP contribution in [0.15, 0.2) is 76.5 Å². The fourth-order valence-corrected chi connectivity index (χ4v) is 4.57. The lowest BCUT2D eigenvalue weighted by molar-refractivity contribution is -0.123. The van der Waals surface area contributed by atoms with E-state index in [-0.39, 0.29) is 21.8 Å². The zero-order chi connectivity index (χ0) is 26.7. The van der Waals surface area contributed by atoms with E-state index in [4.69, 9.17) is 9.88 Å². The van der Waals surface area contributed by atoms with Crippen LogP contribution in [-0.2, 0) is 29.6 Å². The van der Waals surface area contributed by atoms with Crippen LogP contribution in [0.2, 0.25) is 0 Å². The molecule has 1 amide bonds. The SMILES string of the molecule is CC(OC(=O)c1ccccc1NS(=O)(=O)c1cc(F)ccc1F)C(=O)Nc1ccc(S(N)(=O)=O)cc1. The van der Waals surface area contributed by atoms with Crippen molar-refractivity contribution in [2.24, 2.45) is 5.14 Å². The molecular formula is C22H19F2N3O7S2. The molecule has 14 heteroatoms. The van der Waals surface area contributed by atoms with Crippen molar-refractivity contribution < 1.29 is 39.9 Å². The van der Waals surface area contributed by atoms with Gasteiger partial charge in [-0.2, -0.15) is 0 Å². The molecule has 0 aliphatic heterocycles. The molecule has 3 aromatic carbocycles. The molecule has 0 saturated carbocycles. The third kappa shape index (κ3) is 6.41. The van der Waals surface area contributed by atoms with E-state index in [9.17, 15) is 35.2 Å². The van der Waals surface area contributed by atoms with Crippen molar-refractivity contribution in [3.05, 3.63) is 83.9 Å². The number of hydrogen-bond donors (Lipinski definition) is 3. The second-order valence-corrected chi connectivity index (χ2v) is 10.5. The van der Waals surface area contributed by atoms with E-state index in [0.717, 1.165) is 6.07 Å². The summed E-state index contributed by atoms with van der Waals surface area (Å²) in [5.41, 5.74) is -0.395. The molecule has 0 aliphatic carbocycles. The number of sulfonamides is 2. The normalized spacial score (nSPS) is 12.4. The van der Waals surface area contributed by atoms with Gasteiger partial charge in [0, 0.05) is 5.69 Å². The van der Waals surface area contributed by atoms with E-state index in [1.54, 1.807) is 0 Å². The van der Waals surface area contributed by atoms with E-state index in [1.165, 1.54) is 55.5 Å². The number of benzene rings is 3. The molecule has 10 nitrogen and oxygen atoms in total. The summed E-state index contributed by atoms with van der Waals surface area (Å²) < 4.78 is 82.4. The molecule has 0 saturated heterocycles. The van der Waals surface area contributed by atoms with Gasteiger partial charge in [-0.3, -0.25) is 9.52 Å². The van der Waals surface area contributed by atoms with Crippen LogP contribution in [0.3, 0.4) is 0 Å². The van der Waals surface area contributed by atoms with Crippen molar-refractivity contribution in [3.63, 3.8) is 0 Å². The van der Waals surface area contributed by atoms with Gasteiger partial charge in [0.1, 0.15) is 16.5 Å². The summed E-state index contributed by atoms with van der Waals surface area (Å²) >= 11 is 0. The Morgan fingerprint density at radius 3 is 2.22 bits per heavy atom. The van der Waals surface area contributed by atoms with Gasteiger partial charge >= 0.3 is 5.97 Å². The molecule has 0 aliphatic rings. The van der Waals surface area contributed by atoms with Crippen LogP contribution in [0.5, 0.6) is 0 Å². The van der Waals surface area contributed by atoms with Gasteiger partial charge in [-0.25, -0.2) is 35.5 Å². The summed E-state index contributed by atoms with van der Waals surface area (Å²) in [6.45, 7) is 1.25. The van der Waals surface area contributed by atoms with Crippen LogP contribution in [0.25, 0.3) is 0 Å². The van der Waals surface area contributed by atoms with Gasteiger partial charge < -0.3 is 10.1 Å². The van der Waals surface area contributed by atoms with Crippen LogP contribution < -0.4 is 15.2 Å². The maximum absolute atomic E-state index is 14.0. The number of anilines is 2. The number of carbonyl (C=O) groups is 2. The summed E-state index contributed by atoms with van der Waals surface area (Å²) in [6, 6.07) is 12.0. The van der Waals surface area contributed by atoms with Gasteiger partial charge in [-0.15, -0.1) is 0 Å². The maximum atomic E-state index is 14.0. The van der Waals surface area contributed by atoms with Gasteiger partial charge in [0.2, 0.25) is 10.0 Å². The third-order valence-corrected chi connectivity index (χ3v) is 6.99. The summed E-state index contributed by atoms with van der Waals surface area (Å²) in [5, 5.41) is 7.44. The van der Waals surface area contributed by atoms with Crippen molar-refractivity contribution in [1.29, 1.82) is 0 Å². The molecule has 3 aromatic rings. The Bertz CT molecular complexity index is 1530. The molecule has 1 atom stereocenters. The number of nitrogens with one attached hydrogen (secondary N) is 2. The van der Waals surface area contributed by atoms with Gasteiger partial charge in [0.25, 0.3) is 15.9 Å². The Morgan fingerprint density at radius 1 is 0.944 bits per heavy atom. The van der Waals surface area contributed by atoms with Gasteiger partial charge in [-0.1, -0.05) is 12.1 Å². The van der Waals surface area contributed by atoms with E-state index >= 15 is 0 Å². The van der Waals surface area contributed by atoms with Gasteiger partial charge in [0.15, 0.2) is 6.10 Å². The fourth-order valence-electron chi connectivity index (χ4n) is 2.88. The average molecular weight is 540 g/mol. The number of ether oxygens (including phenoxy) is 1. The Kier molecular flexibility index (Phi) is 7.71. The third-order valence-electron chi connectivity index (χ3n) is 4.68. The first-order valence-electron chi connectivity index (χ1n) is 9.99. The topological polar surface area (TPSA) is 162 Å². The van der Waals surface area contributed by atoms with Crippen molar-refractivity contribution in [2.45, 2.75) is 22.8 Å². The van der Waals surface area contributed by atoms with Crippen LogP contribution in [0.1, 0.15) is 17.3 Å². The molecule has 3 rings (SSSR count). The molecular weight excluding hydrogens is 520 g/mol. The van der Waals surface area contributed by atoms with Crippen LogP contribution in [-0.4, -0.2) is 34.8 Å². The van der Waals surface area contributed by atoms with Crippen LogP contribution in [0, 0.1) is 11.6 Å². The van der Waals surface area contributed by atoms with Crippen molar-refractivity contribution in [2.75, 3.05) is 10.0 Å². The number of para-hydroxylation sites is 1. The van der Waals surface area contributed by atoms with E-state index in [1.807, 2.05) is 4.72 Å². The Labute approximate surface area is 205 Å². The summed E-state index contributed by atoms with van der Waals surface area (Å²) in [5.74, 6) is -4.04. The molecule has 190 valence electrons. The predicted octanol–water partition coefficient (Wildman–Crippen LogP) is 2.60. The minimum absolute atomic E-state index is 0.169. The highest BCUT2D eigenvalue weighted by Gasteiger charge is 2.25. The minimum Gasteiger partial charge on any atom is -0.449 e. The molecule has 0 heterocycles. The lowest BCUT2D eigenvalue weighted by atomic mass is 10.2. The molecule has 1 unspecified atom stereocenters. The quantitative estimate of drug-likeness (QED) is 0.371. The first-order valence-corrected chi connectivity index (χ1v) is 13.0. The molecule has 0 bridgehead atoms. The number of nitrogens with two attached hydrogens (primary N) is 1. The maximum Gasteiger partial charge on any atom is 0.341 e. The van der Waals surface area contributed by atoms with Crippen molar-refractivity contribution >= 4 is 43.3 Å². The Morgan fingerprint density at radius 2 is 1.58 bits per heavy atom. The number of esters is 1. The molecule has 0 spiro atoms. The van der Waals surface area contributed by atoms with Gasteiger partial charge in [0.05, 0.1) is 16.1 Å². The van der Waals surface area contributed by atoms with Crippen LogP contribution in [0.4, 0.5) is 20.2 Å². The highest BCUT2D eigenvalue weighted by Crippen LogP contribution is 2.24. The minimum atomic E-state index is -4.63. The Hall–Kier alpha value is -3.88. The Balaban J connectivity index is 1.74. The molecule has 4 N–H and O–H groups in total. The number of amides is 1. The number of rotatable bonds is 8. The fraction of sp³-hybridized carbons (Fsp3) is 0.0909. The standard InChI is InChI=1S/C22H19F2N3O7S2/c1-13(21(28)26-15-7-9-16(10-8-15)35(25,30)31)34-22(29)17-4-2-3-5-19(17)27-36(32,33)20-12-14(23)6-11-18(20)24/h2-13,27H,1H3,(H,26,28)(H2,25,30,31). The first-order chi connectivity index (χ1) is 16.8. The number of hydrogen-bond acceptors (Lipinski definition) is 7. The molecule has 0 aromatic heterocycles. The molecule has 0 fully saturated rings. The number of halogens is 2. The van der Waals surface area contributed by atoms with Crippen molar-refractivity contribution in [1.82, 2.24) is 0 Å². The van der Waals surface area contributed by atoms with Crippen molar-refractivity contribution in [3.8, 4) is 0 Å². The molecule has 36 heavy (non-hydrogen) atoms. The van der Waals surface area contributed by atoms with Gasteiger partial charge in [-0.05, 0) is 61.5 Å². The zero-order valence-electron chi connectivity index (χ0n) is 18.4. The lowest BCUT2D eigenvalue weighted by Crippen LogP contribution is -2.30. The average Bonchev–Trinajstić information content (AvgIpc) is 2.80. The highest BCUT2D eigenvalue weighted by molar-refractivity contribution is 7.92. The highest BCUT2D eigenvalue weighted by atomic mass is 32.2.